The minimum atomic E-state index is -0.538. The van der Waals surface area contributed by atoms with Crippen LogP contribution in [0, 0.1) is 5.82 Å². The Balaban J connectivity index is 1.93. The van der Waals surface area contributed by atoms with Crippen LogP contribution in [0.5, 0.6) is 11.8 Å². The molecule has 0 atom stereocenters. The van der Waals surface area contributed by atoms with Gasteiger partial charge in [0.15, 0.2) is 5.58 Å². The van der Waals surface area contributed by atoms with Crippen molar-refractivity contribution in [2.24, 2.45) is 0 Å². The van der Waals surface area contributed by atoms with Crippen molar-refractivity contribution < 1.29 is 13.5 Å². The number of anilines is 1. The van der Waals surface area contributed by atoms with Gasteiger partial charge in [0.2, 0.25) is 0 Å². The fourth-order valence-corrected chi connectivity index (χ4v) is 1.57. The van der Waals surface area contributed by atoms with E-state index in [1.165, 1.54) is 12.1 Å². The van der Waals surface area contributed by atoms with E-state index < -0.39 is 5.82 Å². The summed E-state index contributed by atoms with van der Waals surface area (Å²) in [5.74, 6) is -0.253. The molecule has 0 bridgehead atoms. The Kier molecular flexibility index (Phi) is 2.37. The molecule has 0 unspecified atom stereocenters. The van der Waals surface area contributed by atoms with Gasteiger partial charge in [0, 0.05) is 6.07 Å². The first-order valence-electron chi connectivity index (χ1n) is 5.31. The number of oxazole rings is 1. The Morgan fingerprint density at radius 3 is 2.78 bits per heavy atom. The van der Waals surface area contributed by atoms with Gasteiger partial charge in [-0.1, -0.05) is 12.1 Å². The van der Waals surface area contributed by atoms with Gasteiger partial charge < -0.3 is 14.9 Å². The number of rotatable bonds is 2. The minimum Gasteiger partial charge on any atom is -0.411 e. The number of hydrogen-bond acceptors (Lipinski definition) is 4. The summed E-state index contributed by atoms with van der Waals surface area (Å²) in [5.41, 5.74) is 6.74. The van der Waals surface area contributed by atoms with Crippen molar-refractivity contribution in [2.45, 2.75) is 0 Å². The number of nitrogen functional groups attached to an aromatic ring is 1. The van der Waals surface area contributed by atoms with E-state index >= 15 is 0 Å². The summed E-state index contributed by atoms with van der Waals surface area (Å²) in [7, 11) is 0. The minimum absolute atomic E-state index is 0.0694. The summed E-state index contributed by atoms with van der Waals surface area (Å²) in [4.78, 5) is 4.12. The molecule has 2 N–H and O–H groups in total. The summed E-state index contributed by atoms with van der Waals surface area (Å²) in [6, 6.07) is 11.4. The Labute approximate surface area is 102 Å². The fourth-order valence-electron chi connectivity index (χ4n) is 1.57. The van der Waals surface area contributed by atoms with E-state index in [0.29, 0.717) is 11.1 Å². The molecular formula is C13H9FN2O2. The summed E-state index contributed by atoms with van der Waals surface area (Å²) >= 11 is 0. The van der Waals surface area contributed by atoms with Gasteiger partial charge in [0.1, 0.15) is 17.1 Å². The van der Waals surface area contributed by atoms with E-state index in [2.05, 4.69) is 4.98 Å². The van der Waals surface area contributed by atoms with Crippen LogP contribution >= 0.6 is 0 Å². The number of halogens is 1. The third-order valence-corrected chi connectivity index (χ3v) is 2.45. The highest BCUT2D eigenvalue weighted by Crippen LogP contribution is 2.26. The highest BCUT2D eigenvalue weighted by atomic mass is 19.1. The molecule has 5 heteroatoms. The molecule has 1 heterocycles. The molecule has 0 saturated heterocycles. The smallest absolute Gasteiger partial charge is 0.400 e. The highest BCUT2D eigenvalue weighted by molar-refractivity contribution is 5.72. The van der Waals surface area contributed by atoms with Crippen LogP contribution in [0.25, 0.3) is 11.1 Å². The number of para-hydroxylation sites is 2. The van der Waals surface area contributed by atoms with Crippen LogP contribution in [-0.4, -0.2) is 4.98 Å². The number of nitrogens with two attached hydrogens (primary N) is 1. The molecular weight excluding hydrogens is 235 g/mol. The Morgan fingerprint density at radius 2 is 2.00 bits per heavy atom. The summed E-state index contributed by atoms with van der Waals surface area (Å²) in [6.07, 6.45) is 0.0698. The van der Waals surface area contributed by atoms with Crippen molar-refractivity contribution in [3.8, 4) is 11.8 Å². The monoisotopic (exact) mass is 244 g/mol. The van der Waals surface area contributed by atoms with E-state index in [1.807, 2.05) is 12.1 Å². The van der Waals surface area contributed by atoms with Crippen LogP contribution in [0.4, 0.5) is 10.1 Å². The van der Waals surface area contributed by atoms with Gasteiger partial charge in [-0.15, -0.1) is 0 Å². The molecule has 0 amide bonds. The van der Waals surface area contributed by atoms with E-state index in [0.717, 1.165) is 0 Å². The Morgan fingerprint density at radius 1 is 1.17 bits per heavy atom. The molecule has 1 aromatic heterocycles. The first kappa shape index (κ1) is 10.6. The predicted octanol–water partition coefficient (Wildman–Crippen LogP) is 3.34. The van der Waals surface area contributed by atoms with Gasteiger partial charge in [0.25, 0.3) is 0 Å². The van der Waals surface area contributed by atoms with Crippen LogP contribution in [0.3, 0.4) is 0 Å². The second kappa shape index (κ2) is 4.03. The third-order valence-electron chi connectivity index (χ3n) is 2.45. The van der Waals surface area contributed by atoms with Crippen LogP contribution in [0.15, 0.2) is 46.9 Å². The highest BCUT2D eigenvalue weighted by Gasteiger charge is 2.08. The Hall–Kier alpha value is -2.56. The van der Waals surface area contributed by atoms with Crippen LogP contribution in [0.2, 0.25) is 0 Å². The number of benzene rings is 2. The van der Waals surface area contributed by atoms with Crippen molar-refractivity contribution in [1.82, 2.24) is 4.98 Å². The largest absolute Gasteiger partial charge is 0.411 e. The molecule has 2 aromatic carbocycles. The lowest BCUT2D eigenvalue weighted by atomic mass is 10.3. The van der Waals surface area contributed by atoms with Crippen molar-refractivity contribution in [3.63, 3.8) is 0 Å². The number of fused-ring (bicyclic) bond motifs is 1. The maximum atomic E-state index is 13.2. The topological polar surface area (TPSA) is 61.3 Å². The van der Waals surface area contributed by atoms with E-state index in [1.54, 1.807) is 18.2 Å². The molecule has 0 saturated carbocycles. The van der Waals surface area contributed by atoms with Gasteiger partial charge in [0.05, 0.1) is 5.69 Å². The molecule has 0 fully saturated rings. The maximum absolute atomic E-state index is 13.2. The lowest BCUT2D eigenvalue weighted by Crippen LogP contribution is -1.91. The zero-order valence-corrected chi connectivity index (χ0v) is 9.26. The van der Waals surface area contributed by atoms with Crippen molar-refractivity contribution in [1.29, 1.82) is 0 Å². The molecule has 0 aliphatic carbocycles. The summed E-state index contributed by atoms with van der Waals surface area (Å²) in [5, 5.41) is 0. The molecule has 0 spiro atoms. The fraction of sp³-hybridized carbons (Fsp3) is 0. The molecule has 18 heavy (non-hydrogen) atoms. The lowest BCUT2D eigenvalue weighted by molar-refractivity contribution is 0.342. The summed E-state index contributed by atoms with van der Waals surface area (Å²) < 4.78 is 23.9. The van der Waals surface area contributed by atoms with Crippen LogP contribution in [0.1, 0.15) is 0 Å². The van der Waals surface area contributed by atoms with E-state index in [4.69, 9.17) is 14.9 Å². The first-order chi connectivity index (χ1) is 8.72. The second-order valence-electron chi connectivity index (χ2n) is 3.73. The molecule has 3 rings (SSSR count). The van der Waals surface area contributed by atoms with Crippen molar-refractivity contribution in [2.75, 3.05) is 5.73 Å². The van der Waals surface area contributed by atoms with Gasteiger partial charge in [-0.05, 0) is 24.3 Å². The summed E-state index contributed by atoms with van der Waals surface area (Å²) in [6.45, 7) is 0. The zero-order chi connectivity index (χ0) is 12.5. The normalized spacial score (nSPS) is 10.7. The average molecular weight is 244 g/mol. The van der Waals surface area contributed by atoms with Gasteiger partial charge in [-0.25, -0.2) is 4.39 Å². The zero-order valence-electron chi connectivity index (χ0n) is 9.26. The van der Waals surface area contributed by atoms with Crippen LogP contribution < -0.4 is 10.5 Å². The first-order valence-corrected chi connectivity index (χ1v) is 5.31. The standard InChI is InChI=1S/C13H9FN2O2/c14-9-7-8(5-6-10(9)15)17-13-16-11-3-1-2-4-12(11)18-13/h1-7H,15H2. The molecule has 3 aromatic rings. The average Bonchev–Trinajstić information content (AvgIpc) is 2.76. The Bertz CT molecular complexity index is 676. The number of hydrogen-bond donors (Lipinski definition) is 1. The van der Waals surface area contributed by atoms with Crippen LogP contribution in [-0.2, 0) is 0 Å². The molecule has 4 nitrogen and oxygen atoms in total. The second-order valence-corrected chi connectivity index (χ2v) is 3.73. The predicted molar refractivity (Wildman–Crippen MR) is 64.9 cm³/mol. The van der Waals surface area contributed by atoms with Gasteiger partial charge in [-0.2, -0.15) is 4.98 Å². The van der Waals surface area contributed by atoms with E-state index in [-0.39, 0.29) is 17.5 Å². The van der Waals surface area contributed by atoms with E-state index in [9.17, 15) is 4.39 Å². The number of nitrogens with zero attached hydrogens (tertiary/aromatic N) is 1. The lowest BCUT2D eigenvalue weighted by Gasteiger charge is -2.01. The SMILES string of the molecule is Nc1ccc(Oc2nc3ccccc3o2)cc1F. The maximum Gasteiger partial charge on any atom is 0.400 e. The quantitative estimate of drug-likeness (QED) is 0.702. The molecule has 0 radical (unpaired) electrons. The van der Waals surface area contributed by atoms with Crippen molar-refractivity contribution >= 4 is 16.8 Å². The van der Waals surface area contributed by atoms with Gasteiger partial charge in [-0.3, -0.25) is 0 Å². The molecule has 0 aliphatic rings. The molecule has 0 aliphatic heterocycles. The van der Waals surface area contributed by atoms with Crippen molar-refractivity contribution in [3.05, 3.63) is 48.3 Å². The van der Waals surface area contributed by atoms with Gasteiger partial charge >= 0.3 is 6.08 Å². The third kappa shape index (κ3) is 1.86. The number of aromatic nitrogens is 1. The number of ether oxygens (including phenoxy) is 1. The molecule has 90 valence electrons.